The van der Waals surface area contributed by atoms with E-state index in [0.717, 1.165) is 55.6 Å². The Labute approximate surface area is 334 Å². The molecular formula is C49H37B2N3O2S. The molecule has 57 heavy (non-hydrogen) atoms. The quantitative estimate of drug-likeness (QED) is 0.165. The van der Waals surface area contributed by atoms with Crippen LogP contribution in [0.5, 0.6) is 5.75 Å². The second-order valence-corrected chi connectivity index (χ2v) is 18.0. The first kappa shape index (κ1) is 34.8. The van der Waals surface area contributed by atoms with Crippen molar-refractivity contribution in [2.75, 3.05) is 0 Å². The molecule has 0 saturated heterocycles. The number of hydrogen-bond donors (Lipinski definition) is 1. The van der Waals surface area contributed by atoms with Gasteiger partial charge in [0.2, 0.25) is 0 Å². The Bertz CT molecular complexity index is 2940. The van der Waals surface area contributed by atoms with E-state index in [-0.39, 0.29) is 11.0 Å². The molecule has 272 valence electrons. The Morgan fingerprint density at radius 1 is 0.614 bits per heavy atom. The summed E-state index contributed by atoms with van der Waals surface area (Å²) in [5, 5.41) is 15.1. The van der Waals surface area contributed by atoms with Crippen molar-refractivity contribution in [3.63, 3.8) is 0 Å². The largest absolute Gasteiger partial charge is 0.504 e. The molecule has 2 heterocycles. The normalized spacial score (nSPS) is 14.6. The van der Waals surface area contributed by atoms with Crippen molar-refractivity contribution >= 4 is 74.9 Å². The summed E-state index contributed by atoms with van der Waals surface area (Å²) in [6, 6.07) is 55.5. The van der Waals surface area contributed by atoms with Crippen LogP contribution in [0.15, 0.2) is 195 Å². The van der Waals surface area contributed by atoms with Crippen LogP contribution in [0.2, 0.25) is 0 Å². The summed E-state index contributed by atoms with van der Waals surface area (Å²) < 4.78 is 6.28. The number of hydrogen-bond acceptors (Lipinski definition) is 5. The molecule has 7 aromatic carbocycles. The number of furan rings is 1. The molecule has 0 amide bonds. The number of rotatable bonds is 7. The van der Waals surface area contributed by atoms with Crippen molar-refractivity contribution in [2.24, 2.45) is 0 Å². The number of phenolic OH excluding ortho intramolecular Hbond substituents is 1. The first-order valence-corrected chi connectivity index (χ1v) is 20.9. The SMILES string of the molecule is Bc1cc(O)c2oc3ccc(B)c(-c4nc(C5=CCC(S(c6ccccc6)(c6ccccc6)c6ccccc6)C=C5)nc(-c5ccc6ccccc6c5)n4)c3c2c1. The van der Waals surface area contributed by atoms with Gasteiger partial charge in [0.15, 0.2) is 28.8 Å². The lowest BCUT2D eigenvalue weighted by Crippen LogP contribution is -2.20. The predicted molar refractivity (Wildman–Crippen MR) is 241 cm³/mol. The summed E-state index contributed by atoms with van der Waals surface area (Å²) in [6.45, 7) is 0. The van der Waals surface area contributed by atoms with E-state index in [1.54, 1.807) is 6.07 Å². The van der Waals surface area contributed by atoms with Gasteiger partial charge in [-0.15, -0.1) is 0 Å². The summed E-state index contributed by atoms with van der Waals surface area (Å²) in [5.41, 5.74) is 5.79. The highest BCUT2D eigenvalue weighted by molar-refractivity contribution is 8.34. The van der Waals surface area contributed by atoms with Crippen LogP contribution in [0.1, 0.15) is 12.2 Å². The summed E-state index contributed by atoms with van der Waals surface area (Å²) in [5.74, 6) is 1.88. The van der Waals surface area contributed by atoms with Crippen LogP contribution < -0.4 is 10.9 Å². The maximum Gasteiger partial charge on any atom is 0.176 e. The Morgan fingerprint density at radius 2 is 1.23 bits per heavy atom. The van der Waals surface area contributed by atoms with Crippen LogP contribution >= 0.6 is 10.0 Å². The fourth-order valence-corrected chi connectivity index (χ4v) is 12.8. The smallest absolute Gasteiger partial charge is 0.176 e. The van der Waals surface area contributed by atoms with Gasteiger partial charge in [-0.25, -0.2) is 15.0 Å². The third-order valence-electron chi connectivity index (χ3n) is 11.1. The third kappa shape index (κ3) is 5.96. The van der Waals surface area contributed by atoms with Gasteiger partial charge in [0.1, 0.15) is 21.3 Å². The Hall–Kier alpha value is -6.63. The lowest BCUT2D eigenvalue weighted by Gasteiger charge is -2.47. The Balaban J connectivity index is 1.16. The van der Waals surface area contributed by atoms with Gasteiger partial charge in [-0.05, 0) is 86.5 Å². The van der Waals surface area contributed by atoms with Gasteiger partial charge < -0.3 is 9.52 Å². The van der Waals surface area contributed by atoms with Crippen molar-refractivity contribution in [2.45, 2.75) is 26.4 Å². The molecule has 1 atom stereocenters. The Kier molecular flexibility index (Phi) is 8.64. The average molecular weight is 754 g/mol. The minimum absolute atomic E-state index is 0.116. The van der Waals surface area contributed by atoms with Crippen molar-refractivity contribution in [3.05, 3.63) is 182 Å². The van der Waals surface area contributed by atoms with Gasteiger partial charge in [-0.1, -0.05) is 132 Å². The number of fused-ring (bicyclic) bond motifs is 4. The van der Waals surface area contributed by atoms with Crippen molar-refractivity contribution in [1.29, 1.82) is 0 Å². The Morgan fingerprint density at radius 3 is 1.88 bits per heavy atom. The fourth-order valence-electron chi connectivity index (χ4n) is 8.43. The number of allylic oxidation sites excluding steroid dienone is 3. The van der Waals surface area contributed by atoms with E-state index in [1.165, 1.54) is 14.7 Å². The second kappa shape index (κ2) is 14.1. The van der Waals surface area contributed by atoms with Gasteiger partial charge in [-0.2, -0.15) is 10.0 Å². The lowest BCUT2D eigenvalue weighted by atomic mass is 9.86. The van der Waals surface area contributed by atoms with Crippen molar-refractivity contribution < 1.29 is 9.52 Å². The van der Waals surface area contributed by atoms with Gasteiger partial charge in [0.25, 0.3) is 0 Å². The topological polar surface area (TPSA) is 72.0 Å². The van der Waals surface area contributed by atoms with E-state index in [4.69, 9.17) is 19.4 Å². The molecule has 10 rings (SSSR count). The molecular weight excluding hydrogens is 716 g/mol. The summed E-state index contributed by atoms with van der Waals surface area (Å²) in [4.78, 5) is 19.7. The van der Waals surface area contributed by atoms with Crippen LogP contribution in [0.4, 0.5) is 0 Å². The molecule has 1 N–H and O–H groups in total. The molecule has 2 aromatic heterocycles. The molecule has 1 unspecified atom stereocenters. The first-order chi connectivity index (χ1) is 28.0. The van der Waals surface area contributed by atoms with E-state index in [1.807, 2.05) is 20.0 Å². The minimum Gasteiger partial charge on any atom is -0.504 e. The van der Waals surface area contributed by atoms with Crippen LogP contribution in [0, 0.1) is 0 Å². The maximum absolute atomic E-state index is 10.9. The lowest BCUT2D eigenvalue weighted by molar-refractivity contribution is 0.469. The highest BCUT2D eigenvalue weighted by atomic mass is 32.3. The van der Waals surface area contributed by atoms with E-state index < -0.39 is 10.0 Å². The number of benzene rings is 7. The van der Waals surface area contributed by atoms with Gasteiger partial charge in [0.05, 0.1) is 0 Å². The summed E-state index contributed by atoms with van der Waals surface area (Å²) in [6.07, 6.45) is 7.71. The molecule has 0 fully saturated rings. The van der Waals surface area contributed by atoms with Crippen molar-refractivity contribution in [1.82, 2.24) is 15.0 Å². The zero-order valence-corrected chi connectivity index (χ0v) is 32.4. The second-order valence-electron chi connectivity index (χ2n) is 14.7. The number of aromatic nitrogens is 3. The molecule has 0 spiro atoms. The minimum atomic E-state index is -1.73. The standard InChI is InChI=1S/C49H37B2N3O2S/c50-35-29-40-44-43(56-46(40)42(55)30-35)27-26-41(51)45(44)49-53-47(52-48(54-49)34-21-20-31-12-10-11-13-33(31)28-34)32-22-24-39(25-23-32)57(36-14-4-1-5-15-36,37-16-6-2-7-17-37)38-18-8-3-9-19-38/h1-24,26-30,39,55H,25,50-51H2. The monoisotopic (exact) mass is 753 g/mol. The van der Waals surface area contributed by atoms with Gasteiger partial charge in [0, 0.05) is 32.7 Å². The molecule has 0 radical (unpaired) electrons. The molecule has 1 aliphatic carbocycles. The van der Waals surface area contributed by atoms with E-state index in [2.05, 4.69) is 166 Å². The zero-order valence-electron chi connectivity index (χ0n) is 31.6. The molecule has 8 heteroatoms. The number of aromatic hydroxyl groups is 1. The van der Waals surface area contributed by atoms with E-state index in [0.29, 0.717) is 28.6 Å². The average Bonchev–Trinajstić information content (AvgIpc) is 3.63. The number of phenols is 1. The fraction of sp³-hybridized carbons (Fsp3) is 0.0408. The molecule has 1 aliphatic rings. The molecule has 0 aliphatic heterocycles. The maximum atomic E-state index is 10.9. The summed E-state index contributed by atoms with van der Waals surface area (Å²) in [7, 11) is 2.32. The van der Waals surface area contributed by atoms with Crippen LogP contribution in [-0.2, 0) is 0 Å². The van der Waals surface area contributed by atoms with Crippen molar-refractivity contribution in [3.8, 4) is 28.5 Å². The molecule has 5 nitrogen and oxygen atoms in total. The zero-order chi connectivity index (χ0) is 38.5. The van der Waals surface area contributed by atoms with Gasteiger partial charge >= 0.3 is 0 Å². The molecule has 0 saturated carbocycles. The van der Waals surface area contributed by atoms with E-state index in [9.17, 15) is 5.11 Å². The first-order valence-electron chi connectivity index (χ1n) is 19.2. The highest BCUT2D eigenvalue weighted by Gasteiger charge is 2.38. The number of nitrogens with zero attached hydrogens (tertiary/aromatic N) is 3. The molecule has 9 aromatic rings. The summed E-state index contributed by atoms with van der Waals surface area (Å²) >= 11 is 0. The van der Waals surface area contributed by atoms with Crippen LogP contribution in [0.25, 0.3) is 61.1 Å². The molecule has 0 bridgehead atoms. The highest BCUT2D eigenvalue weighted by Crippen LogP contribution is 2.72. The third-order valence-corrected chi connectivity index (χ3v) is 15.4. The van der Waals surface area contributed by atoms with Crippen LogP contribution in [0.3, 0.4) is 0 Å². The predicted octanol–water partition coefficient (Wildman–Crippen LogP) is 9.17. The van der Waals surface area contributed by atoms with Gasteiger partial charge in [-0.3, -0.25) is 0 Å². The van der Waals surface area contributed by atoms with Crippen LogP contribution in [-0.4, -0.2) is 41.0 Å². The van der Waals surface area contributed by atoms with E-state index >= 15 is 0 Å².